The van der Waals surface area contributed by atoms with Crippen LogP contribution in [0.4, 0.5) is 4.39 Å². The second kappa shape index (κ2) is 5.01. The second-order valence-corrected chi connectivity index (χ2v) is 6.41. The van der Waals surface area contributed by atoms with Gasteiger partial charge in [0.1, 0.15) is 17.2 Å². The number of likely N-dealkylation sites (tertiary alicyclic amines) is 1. The summed E-state index contributed by atoms with van der Waals surface area (Å²) >= 11 is 0. The third kappa shape index (κ3) is 2.42. The molecule has 3 rings (SSSR count). The summed E-state index contributed by atoms with van der Waals surface area (Å²) in [6.45, 7) is 6.54. The predicted molar refractivity (Wildman–Crippen MR) is 77.2 cm³/mol. The average molecular weight is 278 g/mol. The van der Waals surface area contributed by atoms with Gasteiger partial charge in [-0.3, -0.25) is 0 Å². The highest BCUT2D eigenvalue weighted by Crippen LogP contribution is 2.43. The number of nitrogens with two attached hydrogens (primary N) is 1. The topological polar surface area (TPSA) is 38.5 Å². The zero-order valence-electron chi connectivity index (χ0n) is 12.2. The van der Waals surface area contributed by atoms with Crippen LogP contribution in [-0.2, 0) is 0 Å². The van der Waals surface area contributed by atoms with Crippen molar-refractivity contribution >= 4 is 0 Å². The van der Waals surface area contributed by atoms with Crippen LogP contribution in [0.15, 0.2) is 18.2 Å². The van der Waals surface area contributed by atoms with Gasteiger partial charge in [0.25, 0.3) is 0 Å². The third-order valence-corrected chi connectivity index (χ3v) is 4.73. The summed E-state index contributed by atoms with van der Waals surface area (Å²) in [5.41, 5.74) is 6.91. The summed E-state index contributed by atoms with van der Waals surface area (Å²) in [4.78, 5) is 2.47. The molecule has 2 heterocycles. The van der Waals surface area contributed by atoms with Crippen LogP contribution in [0, 0.1) is 5.82 Å². The van der Waals surface area contributed by atoms with E-state index >= 15 is 0 Å². The van der Waals surface area contributed by atoms with Crippen LogP contribution in [0.5, 0.6) is 5.75 Å². The Balaban J connectivity index is 1.80. The fourth-order valence-electron chi connectivity index (χ4n) is 3.44. The zero-order valence-corrected chi connectivity index (χ0v) is 12.2. The molecule has 1 saturated heterocycles. The summed E-state index contributed by atoms with van der Waals surface area (Å²) in [6, 6.07) is 5.13. The van der Waals surface area contributed by atoms with E-state index in [2.05, 4.69) is 18.7 Å². The number of fused-ring (bicyclic) bond motifs is 1. The van der Waals surface area contributed by atoms with Gasteiger partial charge in [0.2, 0.25) is 0 Å². The molecule has 2 aliphatic rings. The molecule has 1 atom stereocenters. The van der Waals surface area contributed by atoms with Crippen molar-refractivity contribution in [2.45, 2.75) is 50.8 Å². The lowest BCUT2D eigenvalue weighted by atomic mass is 9.80. The van der Waals surface area contributed by atoms with Gasteiger partial charge in [-0.1, -0.05) is 0 Å². The van der Waals surface area contributed by atoms with Crippen LogP contribution >= 0.6 is 0 Å². The van der Waals surface area contributed by atoms with Gasteiger partial charge in [-0.15, -0.1) is 0 Å². The van der Waals surface area contributed by atoms with Crippen LogP contribution in [0.1, 0.15) is 44.7 Å². The van der Waals surface area contributed by atoms with E-state index < -0.39 is 0 Å². The summed E-state index contributed by atoms with van der Waals surface area (Å²) in [6.07, 6.45) is 2.78. The molecule has 2 N–H and O–H groups in total. The van der Waals surface area contributed by atoms with Gasteiger partial charge in [0.15, 0.2) is 0 Å². The normalized spacial score (nSPS) is 25.6. The summed E-state index contributed by atoms with van der Waals surface area (Å²) in [5.74, 6) is 0.525. The monoisotopic (exact) mass is 278 g/mol. The first-order valence-corrected chi connectivity index (χ1v) is 7.47. The molecular formula is C16H23FN2O. The minimum atomic E-state index is -0.242. The summed E-state index contributed by atoms with van der Waals surface area (Å²) in [5, 5.41) is 0. The third-order valence-electron chi connectivity index (χ3n) is 4.73. The van der Waals surface area contributed by atoms with Crippen molar-refractivity contribution in [1.29, 1.82) is 0 Å². The molecule has 2 aliphatic heterocycles. The Hall–Kier alpha value is -1.13. The highest BCUT2D eigenvalue weighted by molar-refractivity contribution is 5.39. The molecule has 1 fully saturated rings. The lowest BCUT2D eigenvalue weighted by Gasteiger charge is -2.47. The Kier molecular flexibility index (Phi) is 3.46. The van der Waals surface area contributed by atoms with Crippen molar-refractivity contribution in [3.8, 4) is 5.75 Å². The molecule has 3 nitrogen and oxygen atoms in total. The molecule has 1 aromatic carbocycles. The average Bonchev–Trinajstić information content (AvgIpc) is 2.40. The maximum atomic E-state index is 13.3. The van der Waals surface area contributed by atoms with E-state index in [0.29, 0.717) is 6.04 Å². The minimum Gasteiger partial charge on any atom is -0.487 e. The van der Waals surface area contributed by atoms with Gasteiger partial charge in [-0.25, -0.2) is 4.39 Å². The standard InChI is InChI=1S/C16H23FN2O/c1-11(2)19-7-5-16(6-8-19)10-14(18)13-9-12(17)3-4-15(13)20-16/h3-4,9,11,14H,5-8,10,18H2,1-2H3. The minimum absolute atomic E-state index is 0.125. The zero-order chi connectivity index (χ0) is 14.3. The number of nitrogens with zero attached hydrogens (tertiary/aromatic N) is 1. The highest BCUT2D eigenvalue weighted by Gasteiger charge is 2.42. The number of halogens is 1. The van der Waals surface area contributed by atoms with Crippen LogP contribution in [-0.4, -0.2) is 29.6 Å². The molecular weight excluding hydrogens is 255 g/mol. The quantitative estimate of drug-likeness (QED) is 0.858. The van der Waals surface area contributed by atoms with Crippen LogP contribution in [0.2, 0.25) is 0 Å². The van der Waals surface area contributed by atoms with Gasteiger partial charge in [0.05, 0.1) is 0 Å². The van der Waals surface area contributed by atoms with Gasteiger partial charge >= 0.3 is 0 Å². The molecule has 1 spiro atoms. The number of benzene rings is 1. The Labute approximate surface area is 119 Å². The number of ether oxygens (including phenoxy) is 1. The second-order valence-electron chi connectivity index (χ2n) is 6.41. The fourth-order valence-corrected chi connectivity index (χ4v) is 3.44. The SMILES string of the molecule is CC(C)N1CCC2(CC1)CC(N)c1cc(F)ccc1O2. The van der Waals surface area contributed by atoms with Crippen LogP contribution in [0.25, 0.3) is 0 Å². The van der Waals surface area contributed by atoms with Gasteiger partial charge < -0.3 is 15.4 Å². The first kappa shape index (κ1) is 13.8. The lowest BCUT2D eigenvalue weighted by Crippen LogP contribution is -2.52. The number of hydrogen-bond donors (Lipinski definition) is 1. The smallest absolute Gasteiger partial charge is 0.125 e. The summed E-state index contributed by atoms with van der Waals surface area (Å²) in [7, 11) is 0. The maximum absolute atomic E-state index is 13.3. The van der Waals surface area contributed by atoms with E-state index in [4.69, 9.17) is 10.5 Å². The van der Waals surface area contributed by atoms with Crippen LogP contribution in [0.3, 0.4) is 0 Å². The Bertz CT molecular complexity index is 495. The van der Waals surface area contributed by atoms with E-state index in [9.17, 15) is 4.39 Å². The van der Waals surface area contributed by atoms with E-state index in [1.807, 2.05) is 0 Å². The molecule has 110 valence electrons. The Morgan fingerprint density at radius 3 is 2.70 bits per heavy atom. The molecule has 0 aliphatic carbocycles. The van der Waals surface area contributed by atoms with E-state index in [-0.39, 0.29) is 17.5 Å². The highest BCUT2D eigenvalue weighted by atomic mass is 19.1. The summed E-state index contributed by atoms with van der Waals surface area (Å²) < 4.78 is 19.6. The maximum Gasteiger partial charge on any atom is 0.125 e. The van der Waals surface area contributed by atoms with Crippen molar-refractivity contribution in [3.63, 3.8) is 0 Å². The van der Waals surface area contributed by atoms with Gasteiger partial charge in [-0.05, 0) is 44.9 Å². The molecule has 1 aromatic rings. The first-order valence-electron chi connectivity index (χ1n) is 7.47. The number of rotatable bonds is 1. The van der Waals surface area contributed by atoms with E-state index in [1.165, 1.54) is 12.1 Å². The Morgan fingerprint density at radius 1 is 1.35 bits per heavy atom. The Morgan fingerprint density at radius 2 is 2.05 bits per heavy atom. The van der Waals surface area contributed by atoms with Crippen LogP contribution < -0.4 is 10.5 Å². The first-order chi connectivity index (χ1) is 9.49. The van der Waals surface area contributed by atoms with Gasteiger partial charge in [0, 0.05) is 37.2 Å². The van der Waals surface area contributed by atoms with Crippen molar-refractivity contribution in [3.05, 3.63) is 29.6 Å². The van der Waals surface area contributed by atoms with E-state index in [0.717, 1.165) is 43.7 Å². The number of piperidine rings is 1. The largest absolute Gasteiger partial charge is 0.487 e. The lowest BCUT2D eigenvalue weighted by molar-refractivity contribution is -0.0280. The predicted octanol–water partition coefficient (Wildman–Crippen LogP) is 2.85. The van der Waals surface area contributed by atoms with Crippen molar-refractivity contribution in [1.82, 2.24) is 4.90 Å². The van der Waals surface area contributed by atoms with Crippen molar-refractivity contribution in [2.24, 2.45) is 5.73 Å². The fraction of sp³-hybridized carbons (Fsp3) is 0.625. The molecule has 0 aromatic heterocycles. The molecule has 0 bridgehead atoms. The molecule has 4 heteroatoms. The number of hydrogen-bond acceptors (Lipinski definition) is 3. The van der Waals surface area contributed by atoms with Crippen molar-refractivity contribution in [2.75, 3.05) is 13.1 Å². The molecule has 0 radical (unpaired) electrons. The molecule has 20 heavy (non-hydrogen) atoms. The van der Waals surface area contributed by atoms with Gasteiger partial charge in [-0.2, -0.15) is 0 Å². The molecule has 0 saturated carbocycles. The molecule has 0 amide bonds. The molecule has 1 unspecified atom stereocenters. The van der Waals surface area contributed by atoms with Crippen molar-refractivity contribution < 1.29 is 9.13 Å². The van der Waals surface area contributed by atoms with E-state index in [1.54, 1.807) is 6.07 Å².